The van der Waals surface area contributed by atoms with Gasteiger partial charge in [0.15, 0.2) is 5.57 Å². The maximum atomic E-state index is 12.5. The van der Waals surface area contributed by atoms with Gasteiger partial charge in [-0.25, -0.2) is 9.59 Å². The van der Waals surface area contributed by atoms with Crippen molar-refractivity contribution < 1.29 is 23.9 Å². The largest absolute Gasteiger partial charge is 0.419 e. The smallest absolute Gasteiger partial charge is 0.350 e. The van der Waals surface area contributed by atoms with Crippen molar-refractivity contribution in [1.82, 2.24) is 0 Å². The number of hydrogen-bond acceptors (Lipinski definition) is 6. The lowest BCUT2D eigenvalue weighted by molar-refractivity contribution is -0.222. The average molecular weight is 380 g/mol. The number of amides is 1. The first-order valence-electron chi connectivity index (χ1n) is 8.65. The normalized spacial score (nSPS) is 15.3. The fourth-order valence-corrected chi connectivity index (χ4v) is 2.61. The molecule has 1 heterocycles. The average Bonchev–Trinajstić information content (AvgIpc) is 2.60. The molecular formula is C21H20N2O5. The van der Waals surface area contributed by atoms with Crippen molar-refractivity contribution in [3.05, 3.63) is 71.4 Å². The van der Waals surface area contributed by atoms with Crippen LogP contribution in [0.5, 0.6) is 0 Å². The molecular weight excluding hydrogens is 360 g/mol. The zero-order valence-electron chi connectivity index (χ0n) is 15.7. The third-order valence-electron chi connectivity index (χ3n) is 3.90. The SMILES string of the molecule is Cc1cccc(NC(=O)c2cccc(NC=C3C(=O)OC(C)(C)OC3=O)c2)c1. The number of ether oxygens (including phenoxy) is 2. The second-order valence-electron chi connectivity index (χ2n) is 6.79. The summed E-state index contributed by atoms with van der Waals surface area (Å²) in [4.78, 5) is 36.4. The molecule has 2 N–H and O–H groups in total. The van der Waals surface area contributed by atoms with Crippen LogP contribution < -0.4 is 10.6 Å². The molecule has 2 aromatic carbocycles. The number of nitrogens with one attached hydrogen (secondary N) is 2. The molecule has 144 valence electrons. The number of anilines is 2. The van der Waals surface area contributed by atoms with Crippen molar-refractivity contribution in [2.45, 2.75) is 26.6 Å². The van der Waals surface area contributed by atoms with Crippen LogP contribution in [0.2, 0.25) is 0 Å². The molecule has 0 atom stereocenters. The molecule has 0 aliphatic carbocycles. The van der Waals surface area contributed by atoms with Crippen LogP contribution in [0.1, 0.15) is 29.8 Å². The van der Waals surface area contributed by atoms with Crippen LogP contribution >= 0.6 is 0 Å². The molecule has 0 saturated carbocycles. The van der Waals surface area contributed by atoms with Gasteiger partial charge in [0.2, 0.25) is 0 Å². The summed E-state index contributed by atoms with van der Waals surface area (Å²) in [6, 6.07) is 14.1. The van der Waals surface area contributed by atoms with Gasteiger partial charge in [0.25, 0.3) is 11.7 Å². The molecule has 0 radical (unpaired) electrons. The van der Waals surface area contributed by atoms with E-state index in [1.54, 1.807) is 30.3 Å². The van der Waals surface area contributed by atoms with Gasteiger partial charge in [-0.1, -0.05) is 18.2 Å². The molecule has 7 heteroatoms. The molecule has 0 unspecified atom stereocenters. The molecule has 2 aromatic rings. The minimum absolute atomic E-state index is 0.256. The summed E-state index contributed by atoms with van der Waals surface area (Å²) >= 11 is 0. The van der Waals surface area contributed by atoms with Gasteiger partial charge in [0.05, 0.1) is 0 Å². The Kier molecular flexibility index (Phi) is 5.17. The highest BCUT2D eigenvalue weighted by Gasteiger charge is 2.38. The number of aryl methyl sites for hydroxylation is 1. The van der Waals surface area contributed by atoms with E-state index in [-0.39, 0.29) is 11.5 Å². The number of benzene rings is 2. The molecule has 0 bridgehead atoms. The summed E-state index contributed by atoms with van der Waals surface area (Å²) in [5.74, 6) is -3.12. The van der Waals surface area contributed by atoms with E-state index >= 15 is 0 Å². The Morgan fingerprint density at radius 1 is 0.964 bits per heavy atom. The van der Waals surface area contributed by atoms with Gasteiger partial charge in [-0.05, 0) is 42.8 Å². The van der Waals surface area contributed by atoms with Gasteiger partial charge in [-0.2, -0.15) is 0 Å². The molecule has 7 nitrogen and oxygen atoms in total. The fraction of sp³-hybridized carbons (Fsp3) is 0.190. The number of cyclic esters (lactones) is 2. The lowest BCUT2D eigenvalue weighted by Crippen LogP contribution is -2.42. The summed E-state index contributed by atoms with van der Waals surface area (Å²) < 4.78 is 10.1. The van der Waals surface area contributed by atoms with Crippen LogP contribution in [0.3, 0.4) is 0 Å². The van der Waals surface area contributed by atoms with Crippen LogP contribution in [-0.4, -0.2) is 23.6 Å². The second-order valence-corrected chi connectivity index (χ2v) is 6.79. The maximum absolute atomic E-state index is 12.5. The van der Waals surface area contributed by atoms with Crippen LogP contribution in [0.15, 0.2) is 60.3 Å². The molecule has 1 amide bonds. The third-order valence-corrected chi connectivity index (χ3v) is 3.90. The van der Waals surface area contributed by atoms with E-state index in [4.69, 9.17) is 9.47 Å². The van der Waals surface area contributed by atoms with Gasteiger partial charge >= 0.3 is 11.9 Å². The van der Waals surface area contributed by atoms with Gasteiger partial charge in [-0.15, -0.1) is 0 Å². The Morgan fingerprint density at radius 2 is 1.61 bits per heavy atom. The topological polar surface area (TPSA) is 93.7 Å². The number of hydrogen-bond donors (Lipinski definition) is 2. The second kappa shape index (κ2) is 7.56. The molecule has 28 heavy (non-hydrogen) atoms. The van der Waals surface area contributed by atoms with Crippen molar-refractivity contribution in [2.75, 3.05) is 10.6 Å². The molecule has 1 aliphatic rings. The van der Waals surface area contributed by atoms with Crippen molar-refractivity contribution in [3.8, 4) is 0 Å². The van der Waals surface area contributed by atoms with Crippen molar-refractivity contribution >= 4 is 29.2 Å². The molecule has 0 aromatic heterocycles. The molecule has 0 spiro atoms. The lowest BCUT2D eigenvalue weighted by atomic mass is 10.1. The first kappa shape index (κ1) is 19.2. The molecule has 1 fully saturated rings. The summed E-state index contributed by atoms with van der Waals surface area (Å²) in [6.07, 6.45) is 1.21. The summed E-state index contributed by atoms with van der Waals surface area (Å²) in [5.41, 5.74) is 2.42. The van der Waals surface area contributed by atoms with Gasteiger partial charge < -0.3 is 20.1 Å². The highest BCUT2D eigenvalue weighted by molar-refractivity contribution is 6.15. The van der Waals surface area contributed by atoms with E-state index in [0.717, 1.165) is 5.56 Å². The van der Waals surface area contributed by atoms with E-state index in [0.29, 0.717) is 16.9 Å². The minimum Gasteiger partial charge on any atom is -0.419 e. The van der Waals surface area contributed by atoms with Crippen LogP contribution in [0.4, 0.5) is 11.4 Å². The molecule has 1 aliphatic heterocycles. The van der Waals surface area contributed by atoms with Crippen LogP contribution in [0.25, 0.3) is 0 Å². The monoisotopic (exact) mass is 380 g/mol. The summed E-state index contributed by atoms with van der Waals surface area (Å²) in [7, 11) is 0. The molecule has 1 saturated heterocycles. The third kappa shape index (κ3) is 4.56. The standard InChI is InChI=1S/C21H20N2O5/c1-13-6-4-9-16(10-13)23-18(24)14-7-5-8-15(11-14)22-12-17-19(25)27-21(2,3)28-20(17)26/h4-12,22H,1-3H3,(H,23,24). The zero-order chi connectivity index (χ0) is 20.3. The van der Waals surface area contributed by atoms with Crippen molar-refractivity contribution in [1.29, 1.82) is 0 Å². The Bertz CT molecular complexity index is 956. The summed E-state index contributed by atoms with van der Waals surface area (Å²) in [6.45, 7) is 4.89. The van der Waals surface area contributed by atoms with Crippen LogP contribution in [0, 0.1) is 6.92 Å². The Hall–Kier alpha value is -3.61. The first-order valence-corrected chi connectivity index (χ1v) is 8.65. The van der Waals surface area contributed by atoms with Crippen molar-refractivity contribution in [2.24, 2.45) is 0 Å². The Balaban J connectivity index is 1.72. The Morgan fingerprint density at radius 3 is 2.29 bits per heavy atom. The highest BCUT2D eigenvalue weighted by Crippen LogP contribution is 2.23. The summed E-state index contributed by atoms with van der Waals surface area (Å²) in [5, 5.41) is 5.65. The molecule has 3 rings (SSSR count). The van der Waals surface area contributed by atoms with Gasteiger partial charge in [0.1, 0.15) is 0 Å². The lowest BCUT2D eigenvalue weighted by Gasteiger charge is -2.29. The zero-order valence-corrected chi connectivity index (χ0v) is 15.7. The van der Waals surface area contributed by atoms with E-state index in [2.05, 4.69) is 10.6 Å². The number of carbonyl (C=O) groups is 3. The highest BCUT2D eigenvalue weighted by atomic mass is 16.7. The van der Waals surface area contributed by atoms with E-state index in [1.165, 1.54) is 20.0 Å². The van der Waals surface area contributed by atoms with Gasteiger partial charge in [-0.3, -0.25) is 4.79 Å². The van der Waals surface area contributed by atoms with E-state index in [1.807, 2.05) is 25.1 Å². The van der Waals surface area contributed by atoms with E-state index in [9.17, 15) is 14.4 Å². The van der Waals surface area contributed by atoms with E-state index < -0.39 is 17.7 Å². The fourth-order valence-electron chi connectivity index (χ4n) is 2.61. The first-order chi connectivity index (χ1) is 13.2. The quantitative estimate of drug-likeness (QED) is 0.480. The number of rotatable bonds is 4. The minimum atomic E-state index is -1.29. The number of carbonyl (C=O) groups excluding carboxylic acids is 3. The predicted molar refractivity (Wildman–Crippen MR) is 104 cm³/mol. The van der Waals surface area contributed by atoms with Crippen LogP contribution in [-0.2, 0) is 19.1 Å². The van der Waals surface area contributed by atoms with Gasteiger partial charge in [0, 0.05) is 37.0 Å². The number of esters is 2. The predicted octanol–water partition coefficient (Wildman–Crippen LogP) is 3.38. The Labute approximate surface area is 162 Å². The maximum Gasteiger partial charge on any atom is 0.350 e. The van der Waals surface area contributed by atoms with Crippen molar-refractivity contribution in [3.63, 3.8) is 0 Å².